The molecule has 62 valence electrons. The summed E-state index contributed by atoms with van der Waals surface area (Å²) < 4.78 is 13.2. The van der Waals surface area contributed by atoms with E-state index in [4.69, 9.17) is 0 Å². The summed E-state index contributed by atoms with van der Waals surface area (Å²) >= 11 is 0. The number of nitrogens with zero attached hydrogens (tertiary/aromatic N) is 1. The van der Waals surface area contributed by atoms with Crippen LogP contribution in [0.1, 0.15) is 12.8 Å². The summed E-state index contributed by atoms with van der Waals surface area (Å²) in [6, 6.07) is 0. The van der Waals surface area contributed by atoms with E-state index in [9.17, 15) is 9.18 Å². The fourth-order valence-corrected chi connectivity index (χ4v) is 0.902. The van der Waals surface area contributed by atoms with Gasteiger partial charge >= 0.3 is 5.69 Å². The Kier molecular flexibility index (Phi) is 2.89. The Morgan fingerprint density at radius 2 is 2.36 bits per heavy atom. The highest BCUT2D eigenvalue weighted by molar-refractivity contribution is 4.75. The Bertz CT molecular complexity index is 253. The van der Waals surface area contributed by atoms with Crippen molar-refractivity contribution in [2.24, 2.45) is 0 Å². The van der Waals surface area contributed by atoms with Crippen LogP contribution < -0.4 is 5.69 Å². The van der Waals surface area contributed by atoms with Gasteiger partial charge in [-0.15, -0.1) is 0 Å². The van der Waals surface area contributed by atoms with Crippen LogP contribution in [-0.4, -0.2) is 16.2 Å². The van der Waals surface area contributed by atoms with Crippen LogP contribution in [-0.2, 0) is 6.54 Å². The van der Waals surface area contributed by atoms with Crippen molar-refractivity contribution in [1.29, 1.82) is 0 Å². The lowest BCUT2D eigenvalue weighted by atomic mass is 10.3. The summed E-state index contributed by atoms with van der Waals surface area (Å²) in [5.74, 6) is 0. The second-order valence-corrected chi connectivity index (χ2v) is 2.35. The molecule has 0 unspecified atom stereocenters. The van der Waals surface area contributed by atoms with Crippen LogP contribution in [0.15, 0.2) is 17.2 Å². The number of imidazole rings is 1. The van der Waals surface area contributed by atoms with Gasteiger partial charge in [0.1, 0.15) is 0 Å². The van der Waals surface area contributed by atoms with Crippen LogP contribution in [0.25, 0.3) is 0 Å². The highest BCUT2D eigenvalue weighted by atomic mass is 19.1. The van der Waals surface area contributed by atoms with Gasteiger partial charge in [0.2, 0.25) is 0 Å². The normalized spacial score (nSPS) is 10.3. The number of aromatic amines is 1. The summed E-state index contributed by atoms with van der Waals surface area (Å²) in [5.41, 5.74) is -0.121. The molecule has 0 aliphatic heterocycles. The minimum atomic E-state index is -0.306. The predicted molar refractivity (Wildman–Crippen MR) is 40.3 cm³/mol. The first-order chi connectivity index (χ1) is 5.34. The lowest BCUT2D eigenvalue weighted by Crippen LogP contribution is -2.16. The van der Waals surface area contributed by atoms with Crippen LogP contribution in [0.2, 0.25) is 0 Å². The van der Waals surface area contributed by atoms with Crippen molar-refractivity contribution < 1.29 is 4.39 Å². The Hall–Kier alpha value is -1.06. The van der Waals surface area contributed by atoms with Crippen molar-refractivity contribution in [2.45, 2.75) is 19.4 Å². The summed E-state index contributed by atoms with van der Waals surface area (Å²) in [5, 5.41) is 0. The molecule has 1 N–H and O–H groups in total. The number of aromatic nitrogens is 2. The number of hydrogen-bond donors (Lipinski definition) is 1. The topological polar surface area (TPSA) is 37.8 Å². The number of hydrogen-bond acceptors (Lipinski definition) is 1. The third-order valence-electron chi connectivity index (χ3n) is 1.50. The minimum absolute atomic E-state index is 0.121. The summed E-state index contributed by atoms with van der Waals surface area (Å²) in [6.45, 7) is 0.297. The molecule has 0 aliphatic rings. The monoisotopic (exact) mass is 158 g/mol. The first-order valence-electron chi connectivity index (χ1n) is 3.64. The van der Waals surface area contributed by atoms with Crippen molar-refractivity contribution in [2.75, 3.05) is 6.67 Å². The van der Waals surface area contributed by atoms with Gasteiger partial charge in [-0.25, -0.2) is 4.79 Å². The maximum atomic E-state index is 11.6. The van der Waals surface area contributed by atoms with Gasteiger partial charge in [-0.1, -0.05) is 0 Å². The molecular weight excluding hydrogens is 147 g/mol. The van der Waals surface area contributed by atoms with Gasteiger partial charge in [0.05, 0.1) is 6.67 Å². The van der Waals surface area contributed by atoms with E-state index in [0.717, 1.165) is 0 Å². The highest BCUT2D eigenvalue weighted by Crippen LogP contribution is 1.92. The average molecular weight is 158 g/mol. The number of nitrogens with one attached hydrogen (secondary N) is 1. The zero-order chi connectivity index (χ0) is 8.10. The lowest BCUT2D eigenvalue weighted by molar-refractivity contribution is 0.445. The van der Waals surface area contributed by atoms with Crippen molar-refractivity contribution >= 4 is 0 Å². The minimum Gasteiger partial charge on any atom is -0.313 e. The lowest BCUT2D eigenvalue weighted by Gasteiger charge is -1.96. The Balaban J connectivity index is 2.39. The van der Waals surface area contributed by atoms with Crippen LogP contribution in [0.3, 0.4) is 0 Å². The molecule has 0 bridgehead atoms. The van der Waals surface area contributed by atoms with E-state index in [-0.39, 0.29) is 12.4 Å². The van der Waals surface area contributed by atoms with Gasteiger partial charge in [-0.2, -0.15) is 0 Å². The van der Waals surface area contributed by atoms with Crippen LogP contribution >= 0.6 is 0 Å². The molecule has 0 fully saturated rings. The van der Waals surface area contributed by atoms with E-state index in [2.05, 4.69) is 4.98 Å². The Labute approximate surface area is 63.9 Å². The maximum Gasteiger partial charge on any atom is 0.325 e. The molecule has 0 amide bonds. The fraction of sp³-hybridized carbons (Fsp3) is 0.571. The van der Waals surface area contributed by atoms with E-state index in [0.29, 0.717) is 19.4 Å². The zero-order valence-electron chi connectivity index (χ0n) is 6.22. The molecule has 1 heterocycles. The second-order valence-electron chi connectivity index (χ2n) is 2.35. The third kappa shape index (κ3) is 2.22. The highest BCUT2D eigenvalue weighted by Gasteiger charge is 1.93. The van der Waals surface area contributed by atoms with E-state index >= 15 is 0 Å². The molecule has 1 aromatic rings. The van der Waals surface area contributed by atoms with Crippen molar-refractivity contribution in [1.82, 2.24) is 9.55 Å². The van der Waals surface area contributed by atoms with E-state index in [1.807, 2.05) is 0 Å². The molecule has 1 rings (SSSR count). The van der Waals surface area contributed by atoms with Crippen molar-refractivity contribution in [3.8, 4) is 0 Å². The molecule has 11 heavy (non-hydrogen) atoms. The quantitative estimate of drug-likeness (QED) is 0.650. The van der Waals surface area contributed by atoms with Gasteiger partial charge < -0.3 is 4.98 Å². The summed E-state index contributed by atoms with van der Waals surface area (Å²) in [4.78, 5) is 13.3. The smallest absolute Gasteiger partial charge is 0.313 e. The molecule has 0 atom stereocenters. The Morgan fingerprint density at radius 3 is 2.91 bits per heavy atom. The van der Waals surface area contributed by atoms with Gasteiger partial charge in [0.25, 0.3) is 0 Å². The largest absolute Gasteiger partial charge is 0.325 e. The molecular formula is C7H11FN2O. The molecule has 0 saturated heterocycles. The van der Waals surface area contributed by atoms with Crippen molar-refractivity contribution in [3.63, 3.8) is 0 Å². The van der Waals surface area contributed by atoms with E-state index in [1.54, 1.807) is 12.4 Å². The second kappa shape index (κ2) is 3.95. The SMILES string of the molecule is O=c1[nH]ccn1CCCCF. The molecule has 4 heteroatoms. The van der Waals surface area contributed by atoms with Gasteiger partial charge in [0, 0.05) is 18.9 Å². The van der Waals surface area contributed by atoms with Gasteiger partial charge in [-0.05, 0) is 12.8 Å². The molecule has 0 aliphatic carbocycles. The number of unbranched alkanes of at least 4 members (excludes halogenated alkanes) is 1. The van der Waals surface area contributed by atoms with E-state index < -0.39 is 0 Å². The van der Waals surface area contributed by atoms with Gasteiger partial charge in [0.15, 0.2) is 0 Å². The van der Waals surface area contributed by atoms with Crippen molar-refractivity contribution in [3.05, 3.63) is 22.9 Å². The average Bonchev–Trinajstić information content (AvgIpc) is 2.37. The number of rotatable bonds is 4. The molecule has 0 saturated carbocycles. The molecule has 0 radical (unpaired) electrons. The maximum absolute atomic E-state index is 11.6. The Morgan fingerprint density at radius 1 is 1.55 bits per heavy atom. The zero-order valence-corrected chi connectivity index (χ0v) is 6.22. The summed E-state index contributed by atoms with van der Waals surface area (Å²) in [7, 11) is 0. The standard InChI is InChI=1S/C7H11FN2O/c8-3-1-2-5-10-6-4-9-7(10)11/h4,6H,1-3,5H2,(H,9,11). The van der Waals surface area contributed by atoms with Crippen LogP contribution in [0.5, 0.6) is 0 Å². The number of H-pyrrole nitrogens is 1. The fourth-order valence-electron chi connectivity index (χ4n) is 0.902. The van der Waals surface area contributed by atoms with Crippen LogP contribution in [0.4, 0.5) is 4.39 Å². The summed E-state index contributed by atoms with van der Waals surface area (Å²) in [6.07, 6.45) is 4.49. The first-order valence-corrected chi connectivity index (χ1v) is 3.64. The molecule has 1 aromatic heterocycles. The number of halogens is 1. The third-order valence-corrected chi connectivity index (χ3v) is 1.50. The van der Waals surface area contributed by atoms with Gasteiger partial charge in [-0.3, -0.25) is 8.96 Å². The predicted octanol–water partition coefficient (Wildman–Crippen LogP) is 0.926. The number of aryl methyl sites for hydroxylation is 1. The van der Waals surface area contributed by atoms with E-state index in [1.165, 1.54) is 4.57 Å². The molecule has 0 spiro atoms. The molecule has 3 nitrogen and oxygen atoms in total. The molecule has 0 aromatic carbocycles. The van der Waals surface area contributed by atoms with Crippen LogP contribution in [0, 0.1) is 0 Å². The number of alkyl halides is 1. The first kappa shape index (κ1) is 8.04.